The maximum absolute atomic E-state index is 12.1. The number of aliphatic hydroxyl groups is 1. The van der Waals surface area contributed by atoms with Crippen LogP contribution in [-0.2, 0) is 19.6 Å². The molecule has 0 aliphatic carbocycles. The summed E-state index contributed by atoms with van der Waals surface area (Å²) in [4.78, 5) is 24.5. The van der Waals surface area contributed by atoms with Crippen LogP contribution in [0.15, 0.2) is 37.7 Å². The van der Waals surface area contributed by atoms with Crippen molar-refractivity contribution in [3.8, 4) is 0 Å². The molecule has 8 nitrogen and oxygen atoms in total. The van der Waals surface area contributed by atoms with E-state index in [2.05, 4.69) is 37.2 Å². The van der Waals surface area contributed by atoms with Crippen molar-refractivity contribution in [3.63, 3.8) is 0 Å². The molecule has 1 aromatic carbocycles. The fraction of sp³-hybridized carbons (Fsp3) is 0.167. The number of primary sulfonamides is 1. The molecule has 4 N–H and O–H groups in total. The maximum atomic E-state index is 12.1. The summed E-state index contributed by atoms with van der Waals surface area (Å²) in [5.74, 6) is -1.13. The van der Waals surface area contributed by atoms with Gasteiger partial charge in [-0.15, -0.1) is 0 Å². The van der Waals surface area contributed by atoms with Gasteiger partial charge in [-0.05, 0) is 44.0 Å². The predicted octanol–water partition coefficient (Wildman–Crippen LogP) is 0.516. The number of amides is 2. The molecule has 0 unspecified atom stereocenters. The van der Waals surface area contributed by atoms with Gasteiger partial charge in [0.15, 0.2) is 0 Å². The molecule has 0 fully saturated rings. The van der Waals surface area contributed by atoms with Gasteiger partial charge in [-0.25, -0.2) is 13.6 Å². The van der Waals surface area contributed by atoms with Crippen LogP contribution in [0.4, 0.5) is 5.69 Å². The van der Waals surface area contributed by atoms with Crippen molar-refractivity contribution in [2.24, 2.45) is 5.14 Å². The second-order valence-corrected chi connectivity index (χ2v) is 7.78. The van der Waals surface area contributed by atoms with Crippen LogP contribution in [-0.4, -0.2) is 43.4 Å². The van der Waals surface area contributed by atoms with E-state index in [1.165, 1.54) is 12.1 Å². The first-order chi connectivity index (χ1) is 10.6. The van der Waals surface area contributed by atoms with E-state index in [1.54, 1.807) is 0 Å². The molecule has 1 heterocycles. The number of hydrogen-bond acceptors (Lipinski definition) is 6. The molecule has 0 saturated carbocycles. The third-order valence-corrected chi connectivity index (χ3v) is 5.08. The molecular formula is C12H11Br2N3O5S. The number of benzene rings is 1. The lowest BCUT2D eigenvalue weighted by atomic mass is 10.3. The monoisotopic (exact) mass is 467 g/mol. The normalized spacial score (nSPS) is 15.1. The Morgan fingerprint density at radius 2 is 1.78 bits per heavy atom. The van der Waals surface area contributed by atoms with Gasteiger partial charge >= 0.3 is 0 Å². The molecule has 0 spiro atoms. The average Bonchev–Trinajstić information content (AvgIpc) is 2.69. The Kier molecular flexibility index (Phi) is 5.26. The fourth-order valence-electron chi connectivity index (χ4n) is 1.88. The number of nitrogens with two attached hydrogens (primary N) is 1. The smallest absolute Gasteiger partial charge is 0.277 e. The van der Waals surface area contributed by atoms with E-state index in [0.717, 1.165) is 11.0 Å². The van der Waals surface area contributed by atoms with Crippen molar-refractivity contribution in [2.75, 3.05) is 18.5 Å². The summed E-state index contributed by atoms with van der Waals surface area (Å²) in [6, 6.07) is 2.55. The predicted molar refractivity (Wildman–Crippen MR) is 88.7 cm³/mol. The number of aliphatic hydroxyl groups excluding tert-OH is 1. The fourth-order valence-corrected chi connectivity index (χ4v) is 4.13. The number of carbonyl (C=O) groups is 2. The Morgan fingerprint density at radius 3 is 2.26 bits per heavy atom. The number of anilines is 1. The topological polar surface area (TPSA) is 130 Å². The number of nitrogens with one attached hydrogen (secondary N) is 1. The lowest BCUT2D eigenvalue weighted by Crippen LogP contribution is -2.34. The summed E-state index contributed by atoms with van der Waals surface area (Å²) in [7, 11) is -3.89. The third kappa shape index (κ3) is 3.80. The number of sulfonamides is 1. The molecule has 11 heteroatoms. The van der Waals surface area contributed by atoms with Crippen molar-refractivity contribution in [3.05, 3.63) is 32.9 Å². The second kappa shape index (κ2) is 6.69. The number of halogens is 2. The zero-order valence-electron chi connectivity index (χ0n) is 11.4. The highest BCUT2D eigenvalue weighted by molar-refractivity contribution is 9.11. The van der Waals surface area contributed by atoms with Gasteiger partial charge in [-0.2, -0.15) is 0 Å². The van der Waals surface area contributed by atoms with E-state index in [1.807, 2.05) is 0 Å². The number of hydrogen-bond donors (Lipinski definition) is 3. The van der Waals surface area contributed by atoms with Crippen LogP contribution in [0.3, 0.4) is 0 Å². The number of nitrogens with zero attached hydrogens (tertiary/aromatic N) is 1. The first kappa shape index (κ1) is 18.1. The SMILES string of the molecule is NS(=O)(=O)c1cc(Br)c(NC2=CC(=O)N(CCO)C2=O)c(Br)c1. The van der Waals surface area contributed by atoms with Gasteiger partial charge in [-0.3, -0.25) is 14.5 Å². The van der Waals surface area contributed by atoms with Gasteiger partial charge in [0, 0.05) is 15.0 Å². The van der Waals surface area contributed by atoms with Crippen LogP contribution >= 0.6 is 31.9 Å². The second-order valence-electron chi connectivity index (χ2n) is 4.51. The maximum Gasteiger partial charge on any atom is 0.277 e. The lowest BCUT2D eigenvalue weighted by Gasteiger charge is -2.15. The van der Waals surface area contributed by atoms with Crippen LogP contribution in [0.2, 0.25) is 0 Å². The first-order valence-electron chi connectivity index (χ1n) is 6.12. The zero-order valence-corrected chi connectivity index (χ0v) is 15.4. The van der Waals surface area contributed by atoms with Crippen molar-refractivity contribution in [1.29, 1.82) is 0 Å². The molecule has 0 radical (unpaired) electrons. The highest BCUT2D eigenvalue weighted by Crippen LogP contribution is 2.35. The molecule has 124 valence electrons. The van der Waals surface area contributed by atoms with Gasteiger partial charge in [0.1, 0.15) is 5.70 Å². The van der Waals surface area contributed by atoms with E-state index >= 15 is 0 Å². The van der Waals surface area contributed by atoms with E-state index in [0.29, 0.717) is 14.6 Å². The van der Waals surface area contributed by atoms with Gasteiger partial charge in [0.25, 0.3) is 11.8 Å². The molecule has 0 aromatic heterocycles. The number of carbonyl (C=O) groups excluding carboxylic acids is 2. The Labute approximate surface area is 148 Å². The number of β-amino-alcohol motifs (C(OH)–C–C–N with tert-alkyl or cyclic N) is 1. The van der Waals surface area contributed by atoms with E-state index in [4.69, 9.17) is 10.2 Å². The molecule has 0 saturated heterocycles. The highest BCUT2D eigenvalue weighted by atomic mass is 79.9. The molecule has 0 bridgehead atoms. The Hall–Kier alpha value is -1.27. The van der Waals surface area contributed by atoms with Gasteiger partial charge in [0.2, 0.25) is 10.0 Å². The zero-order chi connectivity index (χ0) is 17.4. The van der Waals surface area contributed by atoms with Crippen LogP contribution in [0.5, 0.6) is 0 Å². The summed E-state index contributed by atoms with van der Waals surface area (Å²) in [5.41, 5.74) is 0.365. The minimum absolute atomic E-state index is 0.00760. The van der Waals surface area contributed by atoms with Gasteiger partial charge in [0.05, 0.1) is 23.7 Å². The largest absolute Gasteiger partial charge is 0.395 e. The minimum Gasteiger partial charge on any atom is -0.395 e. The van der Waals surface area contributed by atoms with Crippen LogP contribution in [0, 0.1) is 0 Å². The number of rotatable bonds is 5. The Bertz CT molecular complexity index is 799. The molecule has 1 aromatic rings. The summed E-state index contributed by atoms with van der Waals surface area (Å²) in [6.07, 6.45) is 1.10. The number of imide groups is 1. The third-order valence-electron chi connectivity index (χ3n) is 2.94. The lowest BCUT2D eigenvalue weighted by molar-refractivity contribution is -0.137. The van der Waals surface area contributed by atoms with Gasteiger partial charge < -0.3 is 10.4 Å². The standard InChI is InChI=1S/C12H11Br2N3O5S/c13-7-3-6(23(15,21)22)4-8(14)11(7)16-9-5-10(19)17(1-2-18)12(9)20/h3-5,16,18H,1-2H2,(H2,15,21,22). The summed E-state index contributed by atoms with van der Waals surface area (Å²) >= 11 is 6.38. The van der Waals surface area contributed by atoms with Crippen LogP contribution in [0.25, 0.3) is 0 Å². The van der Waals surface area contributed by atoms with Crippen LogP contribution in [0.1, 0.15) is 0 Å². The van der Waals surface area contributed by atoms with Crippen molar-refractivity contribution >= 4 is 59.4 Å². The summed E-state index contributed by atoms with van der Waals surface area (Å²) < 4.78 is 23.4. The Balaban J connectivity index is 2.34. The van der Waals surface area contributed by atoms with Crippen LogP contribution < -0.4 is 10.5 Å². The average molecular weight is 469 g/mol. The summed E-state index contributed by atoms with van der Waals surface area (Å²) in [5, 5.41) is 16.7. The minimum atomic E-state index is -3.89. The Morgan fingerprint density at radius 1 is 1.22 bits per heavy atom. The molecular weight excluding hydrogens is 458 g/mol. The highest BCUT2D eigenvalue weighted by Gasteiger charge is 2.31. The van der Waals surface area contributed by atoms with E-state index in [-0.39, 0.29) is 23.7 Å². The van der Waals surface area contributed by atoms with E-state index < -0.39 is 21.8 Å². The van der Waals surface area contributed by atoms with Crippen molar-refractivity contribution in [1.82, 2.24) is 4.90 Å². The first-order valence-corrected chi connectivity index (χ1v) is 9.25. The molecule has 2 rings (SSSR count). The van der Waals surface area contributed by atoms with E-state index in [9.17, 15) is 18.0 Å². The molecule has 0 atom stereocenters. The van der Waals surface area contributed by atoms with Crippen molar-refractivity contribution in [2.45, 2.75) is 4.90 Å². The molecule has 23 heavy (non-hydrogen) atoms. The van der Waals surface area contributed by atoms with Crippen molar-refractivity contribution < 1.29 is 23.1 Å². The molecule has 2 amide bonds. The summed E-state index contributed by atoms with van der Waals surface area (Å²) in [6.45, 7) is -0.443. The molecule has 1 aliphatic heterocycles. The quantitative estimate of drug-likeness (QED) is 0.540. The van der Waals surface area contributed by atoms with Gasteiger partial charge in [-0.1, -0.05) is 0 Å². The molecule has 1 aliphatic rings.